The third-order valence-corrected chi connectivity index (χ3v) is 15.3. The second-order valence-electron chi connectivity index (χ2n) is 11.9. The minimum Gasteiger partial charge on any atom is -0.387 e. The molecule has 12 atom stereocenters. The fourth-order valence-corrected chi connectivity index (χ4v) is 11.8. The van der Waals surface area contributed by atoms with Crippen molar-refractivity contribution in [3.05, 3.63) is 33.4 Å². The molecule has 0 saturated carbocycles. The number of ether oxygens (including phenoxy) is 2. The van der Waals surface area contributed by atoms with Gasteiger partial charge in [0.1, 0.15) is 36.6 Å². The SMILES string of the molecule is Nc1nc2c(ncn2[C@@H]2O[C@H](COP(=O)(O)OP(=O)(O)OP(=O)(O)OP(=O)(O)OP(=O)(O)OC[C@H]3O[C@@H](n4cnc5c(=O)[nH]c(N)nc54)[C@H](O)[C@@H]3O)[C@@H](O)[C@H]2O)c(=O)[nH]1.[Na].[Na].[Na].[Na].[Na]. The summed E-state index contributed by atoms with van der Waals surface area (Å²) < 4.78 is 98.3. The molecule has 44 heteroatoms. The Balaban J connectivity index is 0.00000410. The van der Waals surface area contributed by atoms with Crippen molar-refractivity contribution in [1.82, 2.24) is 39.0 Å². The summed E-state index contributed by atoms with van der Waals surface area (Å²) in [5.74, 6) is -0.726. The average Bonchev–Trinajstić information content (AvgIpc) is 3.82. The number of rotatable bonds is 16. The third-order valence-electron chi connectivity index (χ3n) is 7.75. The minimum absolute atomic E-state index is 0. The number of hydrogen-bond donors (Lipinski definition) is 13. The number of phosphoric acid groups is 5. The Kier molecular flexibility index (Phi) is 24.4. The number of anilines is 2. The first-order chi connectivity index (χ1) is 27.2. The number of aromatic nitrogens is 8. The van der Waals surface area contributed by atoms with E-state index in [1.54, 1.807) is 0 Å². The van der Waals surface area contributed by atoms with E-state index in [1.807, 2.05) is 0 Å². The molecule has 6 rings (SSSR count). The van der Waals surface area contributed by atoms with Crippen LogP contribution >= 0.6 is 39.1 Å². The summed E-state index contributed by atoms with van der Waals surface area (Å²) in [6, 6.07) is 0. The topological polar surface area (TPSA) is 520 Å². The van der Waals surface area contributed by atoms with E-state index in [-0.39, 0.29) is 182 Å². The number of aromatic amines is 2. The Labute approximate surface area is 465 Å². The first kappa shape index (κ1) is 63.8. The standard InChI is InChI=1S/C20H29N10O24P5.5Na/c21-19-25-13-7(15(35)27-19)23-3-29(13)17-11(33)9(31)5(49-17)1-47-55(37,38)51-57(41,42)53-59(45,46)54-58(43,44)52-56(39,40)48-2-6-10(32)12(34)18(50-6)30-4-24-8-14(30)26-20(22)28-16(8)36;;;;;/h3-6,9-12,17-18,31-34H,1-2H2,(H,37,38)(H,39,40)(H,41,42)(H,43,44)(H,45,46)(H3,21,25,27,35)(H3,22,26,28,36);;;;;/t5-,6-,9-,10-,11-,12-,17-,18-;;;;;/m1...../s1. The normalized spacial score (nSPS) is 27.8. The van der Waals surface area contributed by atoms with Crippen LogP contribution in [0.3, 0.4) is 0 Å². The zero-order chi connectivity index (χ0) is 43.6. The maximum absolute atomic E-state index is 12.4. The largest absolute Gasteiger partial charge is 0.490 e. The fraction of sp³-hybridized carbons (Fsp3) is 0.500. The van der Waals surface area contributed by atoms with Gasteiger partial charge in [-0.3, -0.25) is 37.7 Å². The summed E-state index contributed by atoms with van der Waals surface area (Å²) in [5.41, 5.74) is 8.51. The number of fused-ring (bicyclic) bond motifs is 2. The zero-order valence-corrected chi connectivity index (χ0v) is 47.9. The number of hydrogen-bond acceptors (Lipinski definition) is 25. The minimum atomic E-state index is -6.49. The van der Waals surface area contributed by atoms with Crippen molar-refractivity contribution in [1.29, 1.82) is 0 Å². The van der Waals surface area contributed by atoms with E-state index >= 15 is 0 Å². The molecule has 0 aliphatic carbocycles. The first-order valence-corrected chi connectivity index (χ1v) is 22.9. The number of H-pyrrole nitrogens is 2. The molecular formula is C20H29N10Na5O24P5. The van der Waals surface area contributed by atoms with Crippen molar-refractivity contribution >= 4 is 221 Å². The van der Waals surface area contributed by atoms with E-state index in [0.717, 1.165) is 21.8 Å². The van der Waals surface area contributed by atoms with Crippen LogP contribution in [0.5, 0.6) is 0 Å². The van der Waals surface area contributed by atoms with Crippen LogP contribution < -0.4 is 22.6 Å². The van der Waals surface area contributed by atoms with E-state index in [0.29, 0.717) is 0 Å². The van der Waals surface area contributed by atoms with Gasteiger partial charge in [0.25, 0.3) is 11.1 Å². The van der Waals surface area contributed by atoms with Crippen LogP contribution in [0.15, 0.2) is 22.2 Å². The van der Waals surface area contributed by atoms with Crippen molar-refractivity contribution in [3.63, 3.8) is 0 Å². The molecule has 2 saturated heterocycles. The van der Waals surface area contributed by atoms with Gasteiger partial charge < -0.3 is 65.8 Å². The van der Waals surface area contributed by atoms with Crippen LogP contribution in [0.2, 0.25) is 0 Å². The predicted molar refractivity (Wildman–Crippen MR) is 211 cm³/mol. The summed E-state index contributed by atoms with van der Waals surface area (Å²) >= 11 is 0. The Bertz CT molecular complexity index is 2470. The van der Waals surface area contributed by atoms with Crippen LogP contribution in [0.4, 0.5) is 11.9 Å². The quantitative estimate of drug-likeness (QED) is 0.0367. The maximum atomic E-state index is 12.4. The van der Waals surface area contributed by atoms with Crippen LogP contribution in [-0.4, -0.2) is 282 Å². The van der Waals surface area contributed by atoms with E-state index in [2.05, 4.69) is 56.2 Å². The Morgan fingerprint density at radius 1 is 0.562 bits per heavy atom. The van der Waals surface area contributed by atoms with Crippen molar-refractivity contribution < 1.29 is 103 Å². The molecule has 0 bridgehead atoms. The van der Waals surface area contributed by atoms with Crippen molar-refractivity contribution in [2.45, 2.75) is 49.1 Å². The van der Waals surface area contributed by atoms with Gasteiger partial charge in [0.2, 0.25) is 11.9 Å². The van der Waals surface area contributed by atoms with Gasteiger partial charge in [-0.1, -0.05) is 0 Å². The van der Waals surface area contributed by atoms with E-state index in [9.17, 15) is 77.3 Å². The van der Waals surface area contributed by atoms with E-state index in [4.69, 9.17) is 20.9 Å². The van der Waals surface area contributed by atoms with Gasteiger partial charge >= 0.3 is 39.1 Å². The van der Waals surface area contributed by atoms with E-state index in [1.165, 1.54) is 0 Å². The van der Waals surface area contributed by atoms with Crippen molar-refractivity contribution in [3.8, 4) is 0 Å². The summed E-state index contributed by atoms with van der Waals surface area (Å²) in [4.78, 5) is 93.0. The third kappa shape index (κ3) is 15.4. The molecule has 4 aromatic heterocycles. The number of nitrogens with zero attached hydrogens (tertiary/aromatic N) is 6. The molecule has 5 radical (unpaired) electrons. The smallest absolute Gasteiger partial charge is 0.387 e. The summed E-state index contributed by atoms with van der Waals surface area (Å²) in [7, 11) is -31.1. The fourth-order valence-electron chi connectivity index (χ4n) is 5.40. The summed E-state index contributed by atoms with van der Waals surface area (Å²) in [5, 5.41) is 41.8. The van der Waals surface area contributed by atoms with Crippen LogP contribution in [0, 0.1) is 0 Å². The van der Waals surface area contributed by atoms with Crippen LogP contribution in [-0.2, 0) is 58.6 Å². The van der Waals surface area contributed by atoms with Crippen LogP contribution in [0.25, 0.3) is 22.3 Å². The molecule has 4 aromatic rings. The molecule has 15 N–H and O–H groups in total. The van der Waals surface area contributed by atoms with Gasteiger partial charge in [-0.2, -0.15) is 27.2 Å². The molecule has 2 aliphatic rings. The molecule has 34 nitrogen and oxygen atoms in total. The summed E-state index contributed by atoms with van der Waals surface area (Å²) in [6.07, 6.45) is -12.3. The Hall–Kier alpha value is 1.77. The van der Waals surface area contributed by atoms with Gasteiger partial charge in [0, 0.05) is 148 Å². The van der Waals surface area contributed by atoms with Gasteiger partial charge in [-0.25, -0.2) is 32.8 Å². The molecule has 0 spiro atoms. The summed E-state index contributed by atoms with van der Waals surface area (Å²) in [6.45, 7) is -2.47. The van der Waals surface area contributed by atoms with E-state index < -0.39 is 113 Å². The first-order valence-electron chi connectivity index (χ1n) is 15.4. The van der Waals surface area contributed by atoms with Gasteiger partial charge in [0.05, 0.1) is 25.9 Å². The number of aliphatic hydroxyl groups is 4. The van der Waals surface area contributed by atoms with Gasteiger partial charge in [-0.15, -0.1) is 0 Å². The second-order valence-corrected chi connectivity index (χ2v) is 19.7. The zero-order valence-electron chi connectivity index (χ0n) is 33.4. The van der Waals surface area contributed by atoms with Gasteiger partial charge in [0.15, 0.2) is 34.8 Å². The van der Waals surface area contributed by atoms with Crippen LogP contribution in [0.1, 0.15) is 12.5 Å². The molecule has 6 heterocycles. The number of imidazole rings is 2. The number of aliphatic hydroxyl groups excluding tert-OH is 4. The average molecular weight is 1060 g/mol. The Morgan fingerprint density at radius 3 is 1.17 bits per heavy atom. The number of phosphoric ester groups is 2. The number of nitrogens with one attached hydrogen (secondary N) is 2. The van der Waals surface area contributed by atoms with Gasteiger partial charge in [-0.05, 0) is 0 Å². The maximum Gasteiger partial charge on any atom is 0.490 e. The van der Waals surface area contributed by atoms with Crippen molar-refractivity contribution in [2.24, 2.45) is 0 Å². The number of nitrogens with two attached hydrogens (primary N) is 2. The molecule has 4 unspecified atom stereocenters. The molecule has 64 heavy (non-hydrogen) atoms. The molecule has 333 valence electrons. The molecule has 2 fully saturated rings. The molecule has 0 amide bonds. The molecule has 2 aliphatic heterocycles. The predicted octanol–water partition coefficient (Wildman–Crippen LogP) is -5.65. The molecular weight excluding hydrogens is 1030 g/mol. The Morgan fingerprint density at radius 2 is 0.859 bits per heavy atom. The van der Waals surface area contributed by atoms with Crippen molar-refractivity contribution in [2.75, 3.05) is 24.7 Å². The number of nitrogen functional groups attached to an aromatic ring is 2. The second kappa shape index (κ2) is 24.5. The molecule has 0 aromatic carbocycles. The monoisotopic (exact) mass is 1060 g/mol.